The zero-order valence-corrected chi connectivity index (χ0v) is 11.4. The van der Waals surface area contributed by atoms with E-state index in [1.54, 1.807) is 25.3 Å². The molecule has 0 aliphatic carbocycles. The molecule has 1 atom stereocenters. The number of amides is 1. The maximum absolute atomic E-state index is 11.5. The first-order chi connectivity index (χ1) is 8.51. The minimum Gasteiger partial charge on any atom is -0.397 e. The number of benzene rings is 1. The van der Waals surface area contributed by atoms with Crippen LogP contribution in [0.25, 0.3) is 10.2 Å². The Kier molecular flexibility index (Phi) is 3.38. The van der Waals surface area contributed by atoms with Gasteiger partial charge in [-0.2, -0.15) is 0 Å². The lowest BCUT2D eigenvalue weighted by Crippen LogP contribution is -2.35. The van der Waals surface area contributed by atoms with Gasteiger partial charge in [-0.15, -0.1) is 11.3 Å². The second-order valence-corrected chi connectivity index (χ2v) is 5.36. The van der Waals surface area contributed by atoms with Gasteiger partial charge >= 0.3 is 0 Å². The number of carbonyl (C=O) groups excluding carboxylic acids is 1. The predicted octanol–water partition coefficient (Wildman–Crippen LogP) is 1.73. The van der Waals surface area contributed by atoms with Crippen molar-refractivity contribution in [1.82, 2.24) is 10.3 Å². The molecule has 1 aromatic carbocycles. The van der Waals surface area contributed by atoms with Crippen molar-refractivity contribution in [3.63, 3.8) is 0 Å². The fraction of sp³-hybridized carbons (Fsp3) is 0.333. The van der Waals surface area contributed by atoms with Gasteiger partial charge in [-0.05, 0) is 26.0 Å². The van der Waals surface area contributed by atoms with E-state index in [2.05, 4.69) is 15.6 Å². The number of rotatable bonds is 3. The highest BCUT2D eigenvalue weighted by atomic mass is 32.1. The number of fused-ring (bicyclic) bond motifs is 1. The lowest BCUT2D eigenvalue weighted by molar-refractivity contribution is -0.121. The summed E-state index contributed by atoms with van der Waals surface area (Å²) in [6.07, 6.45) is 0. The van der Waals surface area contributed by atoms with Crippen LogP contribution in [0.4, 0.5) is 11.4 Å². The number of hydrogen-bond donors (Lipinski definition) is 3. The molecule has 1 heterocycles. The third kappa shape index (κ3) is 2.38. The van der Waals surface area contributed by atoms with E-state index in [9.17, 15) is 4.79 Å². The number of aryl methyl sites for hydroxylation is 1. The number of nitrogens with one attached hydrogen (secondary N) is 2. The highest BCUT2D eigenvalue weighted by Gasteiger charge is 2.13. The summed E-state index contributed by atoms with van der Waals surface area (Å²) in [6.45, 7) is 3.75. The zero-order valence-electron chi connectivity index (χ0n) is 10.6. The molecule has 2 rings (SSSR count). The molecule has 1 amide bonds. The van der Waals surface area contributed by atoms with Crippen molar-refractivity contribution in [2.24, 2.45) is 0 Å². The van der Waals surface area contributed by atoms with Crippen LogP contribution in [0.5, 0.6) is 0 Å². The van der Waals surface area contributed by atoms with Crippen molar-refractivity contribution in [2.75, 3.05) is 18.1 Å². The Morgan fingerprint density at radius 1 is 1.50 bits per heavy atom. The van der Waals surface area contributed by atoms with Gasteiger partial charge < -0.3 is 16.4 Å². The average molecular weight is 264 g/mol. The Hall–Kier alpha value is -1.82. The van der Waals surface area contributed by atoms with E-state index in [-0.39, 0.29) is 11.9 Å². The van der Waals surface area contributed by atoms with Crippen molar-refractivity contribution >= 4 is 38.8 Å². The number of anilines is 2. The highest BCUT2D eigenvalue weighted by Crippen LogP contribution is 2.29. The maximum atomic E-state index is 11.5. The second kappa shape index (κ2) is 4.81. The number of carbonyl (C=O) groups is 1. The summed E-state index contributed by atoms with van der Waals surface area (Å²) in [6, 6.07) is 3.43. The first-order valence-corrected chi connectivity index (χ1v) is 6.47. The molecular formula is C12H16N4OS. The molecule has 0 saturated heterocycles. The third-order valence-electron chi connectivity index (χ3n) is 2.68. The fourth-order valence-electron chi connectivity index (χ4n) is 1.75. The van der Waals surface area contributed by atoms with Gasteiger partial charge in [0, 0.05) is 7.05 Å². The van der Waals surface area contributed by atoms with Crippen LogP contribution >= 0.6 is 11.3 Å². The summed E-state index contributed by atoms with van der Waals surface area (Å²) >= 11 is 1.61. The molecule has 18 heavy (non-hydrogen) atoms. The van der Waals surface area contributed by atoms with Gasteiger partial charge in [0.15, 0.2) is 0 Å². The Balaban J connectivity index is 2.32. The van der Waals surface area contributed by atoms with Crippen LogP contribution in [0.1, 0.15) is 11.9 Å². The summed E-state index contributed by atoms with van der Waals surface area (Å²) in [4.78, 5) is 15.9. The number of thiazole rings is 1. The quantitative estimate of drug-likeness (QED) is 0.738. The normalized spacial score (nSPS) is 12.4. The Morgan fingerprint density at radius 3 is 2.89 bits per heavy atom. The minimum absolute atomic E-state index is 0.0797. The van der Waals surface area contributed by atoms with Crippen molar-refractivity contribution in [3.8, 4) is 0 Å². The average Bonchev–Trinajstić information content (AvgIpc) is 2.67. The summed E-state index contributed by atoms with van der Waals surface area (Å²) in [5, 5.41) is 6.68. The molecular weight excluding hydrogens is 248 g/mol. The summed E-state index contributed by atoms with van der Waals surface area (Å²) in [7, 11) is 1.61. The summed E-state index contributed by atoms with van der Waals surface area (Å²) in [5.74, 6) is -0.0797. The number of aromatic nitrogens is 1. The standard InChI is InChI=1S/C12H16N4OS/c1-6(12(17)14-3)15-9-5-10-11(4-8(9)13)18-7(2)16-10/h4-6,15H,13H2,1-3H3,(H,14,17). The molecule has 1 aromatic heterocycles. The summed E-state index contributed by atoms with van der Waals surface area (Å²) < 4.78 is 1.06. The molecule has 0 aliphatic heterocycles. The number of nitrogen functional groups attached to an aromatic ring is 1. The number of hydrogen-bond acceptors (Lipinski definition) is 5. The van der Waals surface area contributed by atoms with Gasteiger partial charge in [-0.1, -0.05) is 0 Å². The lowest BCUT2D eigenvalue weighted by atomic mass is 10.2. The monoisotopic (exact) mass is 264 g/mol. The van der Waals surface area contributed by atoms with Crippen molar-refractivity contribution in [1.29, 1.82) is 0 Å². The molecule has 4 N–H and O–H groups in total. The summed E-state index contributed by atoms with van der Waals surface area (Å²) in [5.41, 5.74) is 8.24. The van der Waals surface area contributed by atoms with Gasteiger partial charge in [0.25, 0.3) is 0 Å². The Labute approximate surface area is 109 Å². The van der Waals surface area contributed by atoms with Crippen LogP contribution in [0.3, 0.4) is 0 Å². The van der Waals surface area contributed by atoms with Crippen molar-refractivity contribution < 1.29 is 4.79 Å². The van der Waals surface area contributed by atoms with Gasteiger partial charge in [0.05, 0.1) is 26.6 Å². The third-order valence-corrected chi connectivity index (χ3v) is 3.61. The van der Waals surface area contributed by atoms with E-state index >= 15 is 0 Å². The first-order valence-electron chi connectivity index (χ1n) is 5.66. The molecule has 6 heteroatoms. The van der Waals surface area contributed by atoms with Gasteiger partial charge in [-0.25, -0.2) is 4.98 Å². The molecule has 0 bridgehead atoms. The Morgan fingerprint density at radius 2 is 2.22 bits per heavy atom. The van der Waals surface area contributed by atoms with E-state index in [0.29, 0.717) is 5.69 Å². The van der Waals surface area contributed by atoms with E-state index in [0.717, 1.165) is 20.9 Å². The van der Waals surface area contributed by atoms with Crippen LogP contribution in [0.15, 0.2) is 12.1 Å². The van der Waals surface area contributed by atoms with Gasteiger partial charge in [0.2, 0.25) is 5.91 Å². The predicted molar refractivity (Wildman–Crippen MR) is 75.9 cm³/mol. The van der Waals surface area contributed by atoms with Crippen LogP contribution in [-0.4, -0.2) is 24.0 Å². The number of likely N-dealkylation sites (N-methyl/N-ethyl adjacent to an activating group) is 1. The topological polar surface area (TPSA) is 80.0 Å². The zero-order chi connectivity index (χ0) is 13.3. The lowest BCUT2D eigenvalue weighted by Gasteiger charge is -2.15. The number of nitrogens with zero attached hydrogens (tertiary/aromatic N) is 1. The van der Waals surface area contributed by atoms with Crippen molar-refractivity contribution in [2.45, 2.75) is 19.9 Å². The van der Waals surface area contributed by atoms with E-state index < -0.39 is 0 Å². The van der Waals surface area contributed by atoms with E-state index in [1.165, 1.54) is 0 Å². The SMILES string of the molecule is CNC(=O)C(C)Nc1cc2nc(C)sc2cc1N. The Bertz CT molecular complexity index is 593. The fourth-order valence-corrected chi connectivity index (χ4v) is 2.60. The molecule has 0 aliphatic rings. The molecule has 1 unspecified atom stereocenters. The largest absolute Gasteiger partial charge is 0.397 e. The first kappa shape index (κ1) is 12.6. The molecule has 0 fully saturated rings. The molecule has 96 valence electrons. The van der Waals surface area contributed by atoms with E-state index in [1.807, 2.05) is 19.1 Å². The smallest absolute Gasteiger partial charge is 0.241 e. The molecule has 2 aromatic rings. The van der Waals surface area contributed by atoms with Gasteiger partial charge in [0.1, 0.15) is 6.04 Å². The second-order valence-electron chi connectivity index (χ2n) is 4.12. The number of nitrogens with two attached hydrogens (primary N) is 1. The maximum Gasteiger partial charge on any atom is 0.241 e. The van der Waals surface area contributed by atoms with E-state index in [4.69, 9.17) is 5.73 Å². The van der Waals surface area contributed by atoms with Crippen LogP contribution in [-0.2, 0) is 4.79 Å². The molecule has 0 radical (unpaired) electrons. The van der Waals surface area contributed by atoms with Crippen LogP contribution in [0, 0.1) is 6.92 Å². The van der Waals surface area contributed by atoms with Crippen LogP contribution in [0.2, 0.25) is 0 Å². The molecule has 0 spiro atoms. The highest BCUT2D eigenvalue weighted by molar-refractivity contribution is 7.18. The van der Waals surface area contributed by atoms with Crippen molar-refractivity contribution in [3.05, 3.63) is 17.1 Å². The van der Waals surface area contributed by atoms with Gasteiger partial charge in [-0.3, -0.25) is 4.79 Å². The van der Waals surface area contributed by atoms with Crippen LogP contribution < -0.4 is 16.4 Å². The minimum atomic E-state index is -0.338. The molecule has 5 nitrogen and oxygen atoms in total. The molecule has 0 saturated carbocycles.